The number of rotatable bonds is 4. The van der Waals surface area contributed by atoms with Crippen LogP contribution in [0, 0.1) is 0 Å². The predicted octanol–water partition coefficient (Wildman–Crippen LogP) is 3.62. The van der Waals surface area contributed by atoms with Gasteiger partial charge in [0.2, 0.25) is 5.95 Å². The van der Waals surface area contributed by atoms with Crippen LogP contribution < -0.4 is 10.6 Å². The van der Waals surface area contributed by atoms with Crippen LogP contribution in [0.1, 0.15) is 17.3 Å². The van der Waals surface area contributed by atoms with Gasteiger partial charge in [-0.3, -0.25) is 4.79 Å². The van der Waals surface area contributed by atoms with Crippen molar-refractivity contribution in [2.24, 2.45) is 0 Å². The predicted molar refractivity (Wildman–Crippen MR) is 88.8 cm³/mol. The van der Waals surface area contributed by atoms with Crippen LogP contribution in [-0.2, 0) is 0 Å². The minimum atomic E-state index is 0.0268. The van der Waals surface area contributed by atoms with E-state index in [-0.39, 0.29) is 5.78 Å². The molecule has 3 rings (SSSR count). The van der Waals surface area contributed by atoms with Crippen LogP contribution in [0.4, 0.5) is 17.5 Å². The maximum absolute atomic E-state index is 11.5. The highest BCUT2D eigenvalue weighted by Crippen LogP contribution is 2.23. The molecule has 22 heavy (non-hydrogen) atoms. The summed E-state index contributed by atoms with van der Waals surface area (Å²) in [7, 11) is 1.83. The van der Waals surface area contributed by atoms with E-state index in [0.717, 1.165) is 22.4 Å². The standard InChI is InChI=1S/C17H16N4O/c1-11(22)12-6-5-7-13(10-12)19-17-20-15-9-4-3-8-14(15)16(18-2)21-17/h3-10H,1-2H3,(H2,18,19,20,21). The molecule has 5 heteroatoms. The number of fused-ring (bicyclic) bond motifs is 1. The highest BCUT2D eigenvalue weighted by molar-refractivity contribution is 5.95. The molecule has 0 saturated carbocycles. The van der Waals surface area contributed by atoms with Crippen molar-refractivity contribution in [3.05, 3.63) is 54.1 Å². The van der Waals surface area contributed by atoms with Gasteiger partial charge in [0.1, 0.15) is 5.82 Å². The van der Waals surface area contributed by atoms with Crippen molar-refractivity contribution in [2.45, 2.75) is 6.92 Å². The van der Waals surface area contributed by atoms with Gasteiger partial charge in [-0.2, -0.15) is 4.98 Å². The molecule has 0 radical (unpaired) electrons. The van der Waals surface area contributed by atoms with Crippen molar-refractivity contribution in [1.29, 1.82) is 0 Å². The Hall–Kier alpha value is -2.95. The Kier molecular flexibility index (Phi) is 3.70. The molecule has 0 amide bonds. The molecule has 0 atom stereocenters. The van der Waals surface area contributed by atoms with Crippen LogP contribution in [0.5, 0.6) is 0 Å². The molecule has 0 saturated heterocycles. The first-order valence-electron chi connectivity index (χ1n) is 7.00. The fourth-order valence-electron chi connectivity index (χ4n) is 2.27. The lowest BCUT2D eigenvalue weighted by Crippen LogP contribution is -2.02. The molecule has 3 aromatic rings. The van der Waals surface area contributed by atoms with Gasteiger partial charge in [-0.15, -0.1) is 0 Å². The van der Waals surface area contributed by atoms with Crippen LogP contribution in [0.25, 0.3) is 10.9 Å². The smallest absolute Gasteiger partial charge is 0.229 e. The zero-order valence-electron chi connectivity index (χ0n) is 12.4. The average molecular weight is 292 g/mol. The quantitative estimate of drug-likeness (QED) is 0.719. The Labute approximate surface area is 128 Å². The minimum Gasteiger partial charge on any atom is -0.372 e. The third-order valence-corrected chi connectivity index (χ3v) is 3.37. The molecule has 0 spiro atoms. The number of benzene rings is 2. The van der Waals surface area contributed by atoms with Crippen molar-refractivity contribution >= 4 is 34.1 Å². The van der Waals surface area contributed by atoms with Crippen LogP contribution in [0.2, 0.25) is 0 Å². The molecule has 5 nitrogen and oxygen atoms in total. The second kappa shape index (κ2) is 5.81. The molecule has 2 aromatic carbocycles. The molecular weight excluding hydrogens is 276 g/mol. The Morgan fingerprint density at radius 1 is 1.05 bits per heavy atom. The van der Waals surface area contributed by atoms with Gasteiger partial charge in [0.05, 0.1) is 5.52 Å². The fraction of sp³-hybridized carbons (Fsp3) is 0.118. The van der Waals surface area contributed by atoms with Crippen molar-refractivity contribution < 1.29 is 4.79 Å². The first kappa shape index (κ1) is 14.0. The van der Waals surface area contributed by atoms with Crippen molar-refractivity contribution in [3.8, 4) is 0 Å². The summed E-state index contributed by atoms with van der Waals surface area (Å²) in [5.74, 6) is 1.28. The molecule has 1 heterocycles. The number of hydrogen-bond acceptors (Lipinski definition) is 5. The second-order valence-corrected chi connectivity index (χ2v) is 4.92. The zero-order valence-corrected chi connectivity index (χ0v) is 12.4. The molecule has 1 aromatic heterocycles. The largest absolute Gasteiger partial charge is 0.372 e. The molecule has 0 aliphatic heterocycles. The van der Waals surface area contributed by atoms with E-state index >= 15 is 0 Å². The molecule has 0 fully saturated rings. The first-order valence-corrected chi connectivity index (χ1v) is 7.00. The lowest BCUT2D eigenvalue weighted by atomic mass is 10.1. The Morgan fingerprint density at radius 2 is 1.86 bits per heavy atom. The maximum Gasteiger partial charge on any atom is 0.229 e. The van der Waals surface area contributed by atoms with E-state index in [4.69, 9.17) is 0 Å². The summed E-state index contributed by atoms with van der Waals surface area (Å²) in [6.07, 6.45) is 0. The van der Waals surface area contributed by atoms with Gasteiger partial charge in [-0.1, -0.05) is 24.3 Å². The van der Waals surface area contributed by atoms with Gasteiger partial charge in [0, 0.05) is 23.7 Å². The monoisotopic (exact) mass is 292 g/mol. The van der Waals surface area contributed by atoms with Gasteiger partial charge in [0.25, 0.3) is 0 Å². The summed E-state index contributed by atoms with van der Waals surface area (Å²) >= 11 is 0. The first-order chi connectivity index (χ1) is 10.7. The van der Waals surface area contributed by atoms with E-state index in [0.29, 0.717) is 11.5 Å². The van der Waals surface area contributed by atoms with Crippen LogP contribution in [-0.4, -0.2) is 22.8 Å². The van der Waals surface area contributed by atoms with E-state index < -0.39 is 0 Å². The topological polar surface area (TPSA) is 66.9 Å². The highest BCUT2D eigenvalue weighted by atomic mass is 16.1. The minimum absolute atomic E-state index is 0.0268. The van der Waals surface area contributed by atoms with E-state index in [1.807, 2.05) is 43.4 Å². The number of ketones is 1. The van der Waals surface area contributed by atoms with Crippen molar-refractivity contribution in [2.75, 3.05) is 17.7 Å². The summed E-state index contributed by atoms with van der Waals surface area (Å²) in [5.41, 5.74) is 2.29. The Bertz CT molecular complexity index is 845. The van der Waals surface area contributed by atoms with E-state index in [1.165, 1.54) is 0 Å². The number of carbonyl (C=O) groups is 1. The number of aromatic nitrogens is 2. The molecule has 2 N–H and O–H groups in total. The van der Waals surface area contributed by atoms with E-state index in [9.17, 15) is 4.79 Å². The molecule has 0 aliphatic rings. The number of hydrogen-bond donors (Lipinski definition) is 2. The molecule has 0 bridgehead atoms. The number of carbonyl (C=O) groups excluding carboxylic acids is 1. The average Bonchev–Trinajstić information content (AvgIpc) is 2.54. The summed E-state index contributed by atoms with van der Waals surface area (Å²) in [6, 6.07) is 15.1. The van der Waals surface area contributed by atoms with E-state index in [2.05, 4.69) is 20.6 Å². The zero-order chi connectivity index (χ0) is 15.5. The normalized spacial score (nSPS) is 10.5. The molecular formula is C17H16N4O. The molecule has 0 unspecified atom stereocenters. The van der Waals surface area contributed by atoms with Gasteiger partial charge < -0.3 is 10.6 Å². The Balaban J connectivity index is 2.00. The second-order valence-electron chi connectivity index (χ2n) is 4.92. The maximum atomic E-state index is 11.5. The van der Waals surface area contributed by atoms with Crippen LogP contribution in [0.15, 0.2) is 48.5 Å². The lowest BCUT2D eigenvalue weighted by molar-refractivity contribution is 0.101. The summed E-state index contributed by atoms with van der Waals surface area (Å²) in [6.45, 7) is 1.55. The number of Topliss-reactive ketones (excluding diaryl/α,β-unsaturated/α-hetero) is 1. The summed E-state index contributed by atoms with van der Waals surface area (Å²) in [5, 5.41) is 7.20. The third-order valence-electron chi connectivity index (χ3n) is 3.37. The molecule has 110 valence electrons. The van der Waals surface area contributed by atoms with Crippen molar-refractivity contribution in [1.82, 2.24) is 9.97 Å². The lowest BCUT2D eigenvalue weighted by Gasteiger charge is -2.10. The van der Waals surface area contributed by atoms with Gasteiger partial charge in [-0.25, -0.2) is 4.98 Å². The van der Waals surface area contributed by atoms with Crippen molar-refractivity contribution in [3.63, 3.8) is 0 Å². The number of anilines is 3. The SMILES string of the molecule is CNc1nc(Nc2cccc(C(C)=O)c2)nc2ccccc12. The fourth-order valence-corrected chi connectivity index (χ4v) is 2.27. The van der Waals surface area contributed by atoms with Gasteiger partial charge in [-0.05, 0) is 31.2 Å². The van der Waals surface area contributed by atoms with Gasteiger partial charge in [0.15, 0.2) is 5.78 Å². The van der Waals surface area contributed by atoms with E-state index in [1.54, 1.807) is 19.1 Å². The summed E-state index contributed by atoms with van der Waals surface area (Å²) in [4.78, 5) is 20.4. The summed E-state index contributed by atoms with van der Waals surface area (Å²) < 4.78 is 0. The number of nitrogens with zero attached hydrogens (tertiary/aromatic N) is 2. The number of para-hydroxylation sites is 1. The van der Waals surface area contributed by atoms with Crippen LogP contribution >= 0.6 is 0 Å². The van der Waals surface area contributed by atoms with Crippen LogP contribution in [0.3, 0.4) is 0 Å². The molecule has 0 aliphatic carbocycles. The Morgan fingerprint density at radius 3 is 2.64 bits per heavy atom. The third kappa shape index (κ3) is 2.74. The highest BCUT2D eigenvalue weighted by Gasteiger charge is 2.07. The number of nitrogens with one attached hydrogen (secondary N) is 2. The van der Waals surface area contributed by atoms with Gasteiger partial charge >= 0.3 is 0 Å².